The van der Waals surface area contributed by atoms with Crippen LogP contribution in [0.15, 0.2) is 42.5 Å². The lowest BCUT2D eigenvalue weighted by Crippen LogP contribution is -2.38. The quantitative estimate of drug-likeness (QED) is 0.574. The molecule has 2 aromatic carbocycles. The number of ether oxygens (including phenoxy) is 1. The first-order valence-corrected chi connectivity index (χ1v) is 9.40. The van der Waals surface area contributed by atoms with Crippen LogP contribution in [0.5, 0.6) is 5.75 Å². The van der Waals surface area contributed by atoms with Gasteiger partial charge in [0, 0.05) is 3.57 Å². The average Bonchev–Trinajstić information content (AvgIpc) is 2.65. The van der Waals surface area contributed by atoms with E-state index in [2.05, 4.69) is 38.5 Å². The summed E-state index contributed by atoms with van der Waals surface area (Å²) in [6, 6.07) is 12.2. The van der Waals surface area contributed by atoms with Crippen LogP contribution in [0.1, 0.15) is 28.9 Å². The Morgan fingerprint density at radius 2 is 2.04 bits per heavy atom. The van der Waals surface area contributed by atoms with Crippen molar-refractivity contribution < 1.29 is 19.1 Å². The standard InChI is InChI=1S/C19H18IN3O4/c1-11(12-6-7-16-15(8-12)23-18(25)10-27-16)22-17(24)9-21-19(26)13-4-2-3-5-14(13)20/h2-8,11H,9-10H2,1H3,(H,21,26)(H,22,24)(H,23,25). The molecule has 1 atom stereocenters. The Labute approximate surface area is 170 Å². The molecule has 0 bridgehead atoms. The van der Waals surface area contributed by atoms with Crippen LogP contribution >= 0.6 is 22.6 Å². The first kappa shape index (κ1) is 19.2. The Morgan fingerprint density at radius 1 is 1.26 bits per heavy atom. The van der Waals surface area contributed by atoms with E-state index < -0.39 is 0 Å². The zero-order valence-corrected chi connectivity index (χ0v) is 16.7. The summed E-state index contributed by atoms with van der Waals surface area (Å²) in [7, 11) is 0. The summed E-state index contributed by atoms with van der Waals surface area (Å²) in [6.07, 6.45) is 0. The van der Waals surface area contributed by atoms with E-state index in [0.29, 0.717) is 17.0 Å². The Hall–Kier alpha value is -2.62. The van der Waals surface area contributed by atoms with Crippen molar-refractivity contribution in [2.75, 3.05) is 18.5 Å². The molecular weight excluding hydrogens is 461 g/mol. The van der Waals surface area contributed by atoms with Gasteiger partial charge in [-0.05, 0) is 59.3 Å². The normalized spacial score (nSPS) is 13.6. The summed E-state index contributed by atoms with van der Waals surface area (Å²) in [5, 5.41) is 8.18. The molecule has 0 aliphatic carbocycles. The topological polar surface area (TPSA) is 96.5 Å². The predicted octanol–water partition coefficient (Wildman–Crippen LogP) is 2.23. The predicted molar refractivity (Wildman–Crippen MR) is 109 cm³/mol. The van der Waals surface area contributed by atoms with E-state index in [0.717, 1.165) is 9.13 Å². The van der Waals surface area contributed by atoms with Gasteiger partial charge in [-0.2, -0.15) is 0 Å². The molecule has 0 saturated carbocycles. The van der Waals surface area contributed by atoms with Crippen molar-refractivity contribution in [3.05, 3.63) is 57.2 Å². The maximum Gasteiger partial charge on any atom is 0.262 e. The molecule has 0 fully saturated rings. The van der Waals surface area contributed by atoms with Gasteiger partial charge in [0.25, 0.3) is 11.8 Å². The van der Waals surface area contributed by atoms with Gasteiger partial charge in [-0.15, -0.1) is 0 Å². The smallest absolute Gasteiger partial charge is 0.262 e. The maximum atomic E-state index is 12.2. The van der Waals surface area contributed by atoms with Crippen molar-refractivity contribution in [1.82, 2.24) is 10.6 Å². The van der Waals surface area contributed by atoms with Crippen molar-refractivity contribution in [2.24, 2.45) is 0 Å². The highest BCUT2D eigenvalue weighted by molar-refractivity contribution is 14.1. The molecule has 1 unspecified atom stereocenters. The molecule has 2 aromatic rings. The van der Waals surface area contributed by atoms with Crippen LogP contribution in [0.2, 0.25) is 0 Å². The van der Waals surface area contributed by atoms with E-state index in [-0.39, 0.29) is 36.9 Å². The van der Waals surface area contributed by atoms with Gasteiger partial charge in [-0.25, -0.2) is 0 Å². The van der Waals surface area contributed by atoms with Gasteiger partial charge in [0.05, 0.1) is 23.8 Å². The van der Waals surface area contributed by atoms with Crippen LogP contribution < -0.4 is 20.7 Å². The second-order valence-corrected chi connectivity index (χ2v) is 7.21. The number of hydrogen-bond acceptors (Lipinski definition) is 4. The Balaban J connectivity index is 1.56. The molecule has 1 aliphatic heterocycles. The van der Waals surface area contributed by atoms with Crippen molar-refractivity contribution in [2.45, 2.75) is 13.0 Å². The van der Waals surface area contributed by atoms with Gasteiger partial charge in [0.15, 0.2) is 6.61 Å². The Kier molecular flexibility index (Phi) is 5.94. The molecule has 0 saturated heterocycles. The largest absolute Gasteiger partial charge is 0.482 e. The molecule has 1 aliphatic rings. The van der Waals surface area contributed by atoms with E-state index in [4.69, 9.17) is 4.74 Å². The molecule has 1 heterocycles. The molecule has 0 radical (unpaired) electrons. The Morgan fingerprint density at radius 3 is 2.81 bits per heavy atom. The van der Waals surface area contributed by atoms with Crippen LogP contribution in [0, 0.1) is 3.57 Å². The van der Waals surface area contributed by atoms with Crippen LogP contribution in [-0.2, 0) is 9.59 Å². The number of carbonyl (C=O) groups is 3. The van der Waals surface area contributed by atoms with Gasteiger partial charge >= 0.3 is 0 Å². The highest BCUT2D eigenvalue weighted by Gasteiger charge is 2.18. The van der Waals surface area contributed by atoms with E-state index >= 15 is 0 Å². The molecule has 0 spiro atoms. The van der Waals surface area contributed by atoms with E-state index in [1.54, 1.807) is 24.3 Å². The van der Waals surface area contributed by atoms with Gasteiger partial charge in [-0.1, -0.05) is 18.2 Å². The van der Waals surface area contributed by atoms with Gasteiger partial charge in [0.1, 0.15) is 5.75 Å². The number of anilines is 1. The van der Waals surface area contributed by atoms with Crippen LogP contribution in [0.4, 0.5) is 5.69 Å². The minimum absolute atomic E-state index is 0.00130. The van der Waals surface area contributed by atoms with Crippen molar-refractivity contribution >= 4 is 46.0 Å². The van der Waals surface area contributed by atoms with Gasteiger partial charge < -0.3 is 20.7 Å². The van der Waals surface area contributed by atoms with Crippen molar-refractivity contribution in [3.63, 3.8) is 0 Å². The number of amides is 3. The van der Waals surface area contributed by atoms with Crippen LogP contribution in [-0.4, -0.2) is 30.9 Å². The zero-order chi connectivity index (χ0) is 19.4. The molecule has 7 nitrogen and oxygen atoms in total. The highest BCUT2D eigenvalue weighted by atomic mass is 127. The molecule has 0 aromatic heterocycles. The summed E-state index contributed by atoms with van der Waals surface area (Å²) in [5.41, 5.74) is 1.93. The number of rotatable bonds is 5. The summed E-state index contributed by atoms with van der Waals surface area (Å²) in [4.78, 5) is 35.8. The second-order valence-electron chi connectivity index (χ2n) is 6.04. The fourth-order valence-electron chi connectivity index (χ4n) is 2.65. The number of hydrogen-bond donors (Lipinski definition) is 3. The molecule has 140 valence electrons. The lowest BCUT2D eigenvalue weighted by molar-refractivity contribution is -0.121. The lowest BCUT2D eigenvalue weighted by Gasteiger charge is -2.21. The minimum Gasteiger partial charge on any atom is -0.482 e. The number of halogens is 1. The van der Waals surface area contributed by atoms with Crippen molar-refractivity contribution in [1.29, 1.82) is 0 Å². The van der Waals surface area contributed by atoms with E-state index in [1.165, 1.54) is 0 Å². The third-order valence-electron chi connectivity index (χ3n) is 4.04. The van der Waals surface area contributed by atoms with E-state index in [9.17, 15) is 14.4 Å². The van der Waals surface area contributed by atoms with Crippen molar-refractivity contribution in [3.8, 4) is 5.75 Å². The fourth-order valence-corrected chi connectivity index (χ4v) is 3.28. The molecular formula is C19H18IN3O4. The number of fused-ring (bicyclic) bond motifs is 1. The minimum atomic E-state index is -0.306. The molecule has 3 amide bonds. The zero-order valence-electron chi connectivity index (χ0n) is 14.5. The molecule has 8 heteroatoms. The average molecular weight is 479 g/mol. The highest BCUT2D eigenvalue weighted by Crippen LogP contribution is 2.30. The SMILES string of the molecule is CC(NC(=O)CNC(=O)c1ccccc1I)c1ccc2c(c1)NC(=O)CO2. The lowest BCUT2D eigenvalue weighted by atomic mass is 10.1. The molecule has 3 rings (SSSR count). The molecule has 3 N–H and O–H groups in total. The number of benzene rings is 2. The van der Waals surface area contributed by atoms with Crippen LogP contribution in [0.25, 0.3) is 0 Å². The fraction of sp³-hybridized carbons (Fsp3) is 0.211. The van der Waals surface area contributed by atoms with E-state index in [1.807, 2.05) is 25.1 Å². The monoisotopic (exact) mass is 479 g/mol. The number of carbonyl (C=O) groups excluding carboxylic acids is 3. The Bertz CT molecular complexity index is 900. The third-order valence-corrected chi connectivity index (χ3v) is 4.98. The van der Waals surface area contributed by atoms with Gasteiger partial charge in [0.2, 0.25) is 5.91 Å². The maximum absolute atomic E-state index is 12.2. The molecule has 27 heavy (non-hydrogen) atoms. The first-order chi connectivity index (χ1) is 12.9. The summed E-state index contributed by atoms with van der Waals surface area (Å²) in [6.45, 7) is 1.70. The second kappa shape index (κ2) is 8.38. The van der Waals surface area contributed by atoms with Crippen LogP contribution in [0.3, 0.4) is 0 Å². The summed E-state index contributed by atoms with van der Waals surface area (Å²) in [5.74, 6) is -0.215. The summed E-state index contributed by atoms with van der Waals surface area (Å²) < 4.78 is 6.14. The number of nitrogens with one attached hydrogen (secondary N) is 3. The van der Waals surface area contributed by atoms with Gasteiger partial charge in [-0.3, -0.25) is 14.4 Å². The summed E-state index contributed by atoms with van der Waals surface area (Å²) >= 11 is 2.08. The third kappa shape index (κ3) is 4.76. The first-order valence-electron chi connectivity index (χ1n) is 8.32.